The fourth-order valence-corrected chi connectivity index (χ4v) is 5.86. The Hall–Kier alpha value is -1.35. The highest BCUT2D eigenvalue weighted by Gasteiger charge is 2.60. The van der Waals surface area contributed by atoms with E-state index in [1.807, 2.05) is 0 Å². The average Bonchev–Trinajstić information content (AvgIpc) is 2.49. The SMILES string of the molecule is CC(C)(C)c1ccc(COC(=O)C23C[C@@H]4C[C@@H](CC(O)(C4)C2)C3)cc1. The molecule has 1 aromatic carbocycles. The van der Waals surface area contributed by atoms with Crippen molar-refractivity contribution in [2.75, 3.05) is 0 Å². The summed E-state index contributed by atoms with van der Waals surface area (Å²) in [6, 6.07) is 8.36. The quantitative estimate of drug-likeness (QED) is 0.830. The normalized spacial score (nSPS) is 36.5. The van der Waals surface area contributed by atoms with Crippen LogP contribution in [0.1, 0.15) is 70.4 Å². The third-order valence-corrected chi connectivity index (χ3v) is 6.65. The Morgan fingerprint density at radius 3 is 2.24 bits per heavy atom. The monoisotopic (exact) mass is 342 g/mol. The van der Waals surface area contributed by atoms with Crippen LogP contribution in [0.5, 0.6) is 0 Å². The van der Waals surface area contributed by atoms with Gasteiger partial charge < -0.3 is 9.84 Å². The Bertz CT molecular complexity index is 654. The average molecular weight is 342 g/mol. The molecular weight excluding hydrogens is 312 g/mol. The van der Waals surface area contributed by atoms with Crippen molar-refractivity contribution in [3.8, 4) is 0 Å². The lowest BCUT2D eigenvalue weighted by Crippen LogP contribution is -2.58. The molecule has 4 atom stereocenters. The summed E-state index contributed by atoms with van der Waals surface area (Å²) in [5.74, 6) is 0.926. The smallest absolute Gasteiger partial charge is 0.312 e. The first-order chi connectivity index (χ1) is 11.7. The van der Waals surface area contributed by atoms with Crippen molar-refractivity contribution in [3.05, 3.63) is 35.4 Å². The second kappa shape index (κ2) is 5.57. The zero-order valence-electron chi connectivity index (χ0n) is 15.7. The van der Waals surface area contributed by atoms with Crippen LogP contribution in [0.25, 0.3) is 0 Å². The zero-order valence-corrected chi connectivity index (χ0v) is 15.7. The Kier molecular flexibility index (Phi) is 3.81. The molecule has 3 heteroatoms. The summed E-state index contributed by atoms with van der Waals surface area (Å²) in [5, 5.41) is 10.8. The minimum absolute atomic E-state index is 0.0834. The molecule has 4 aliphatic carbocycles. The lowest BCUT2D eigenvalue weighted by atomic mass is 9.48. The number of rotatable bonds is 3. The molecule has 25 heavy (non-hydrogen) atoms. The van der Waals surface area contributed by atoms with E-state index in [0.717, 1.165) is 31.2 Å². The molecule has 0 radical (unpaired) electrons. The number of carbonyl (C=O) groups is 1. The summed E-state index contributed by atoms with van der Waals surface area (Å²) >= 11 is 0. The molecule has 0 saturated heterocycles. The van der Waals surface area contributed by atoms with E-state index in [0.29, 0.717) is 24.9 Å². The fraction of sp³-hybridized carbons (Fsp3) is 0.682. The Labute approximate surface area is 150 Å². The van der Waals surface area contributed by atoms with E-state index < -0.39 is 11.0 Å². The van der Waals surface area contributed by atoms with E-state index in [-0.39, 0.29) is 11.4 Å². The van der Waals surface area contributed by atoms with Gasteiger partial charge >= 0.3 is 5.97 Å². The van der Waals surface area contributed by atoms with Gasteiger partial charge in [-0.15, -0.1) is 0 Å². The summed E-state index contributed by atoms with van der Waals surface area (Å²) in [6.07, 6.45) is 5.38. The first-order valence-electron chi connectivity index (χ1n) is 9.67. The highest BCUT2D eigenvalue weighted by molar-refractivity contribution is 5.77. The van der Waals surface area contributed by atoms with Crippen molar-refractivity contribution in [2.24, 2.45) is 17.3 Å². The highest BCUT2D eigenvalue weighted by atomic mass is 16.5. The van der Waals surface area contributed by atoms with Crippen molar-refractivity contribution in [2.45, 2.75) is 76.9 Å². The summed E-state index contributed by atoms with van der Waals surface area (Å²) in [5.41, 5.74) is 1.40. The number of esters is 1. The molecule has 0 spiro atoms. The maximum atomic E-state index is 12.9. The second-order valence-electron chi connectivity index (χ2n) is 9.99. The van der Waals surface area contributed by atoms with Gasteiger partial charge in [-0.25, -0.2) is 0 Å². The second-order valence-corrected chi connectivity index (χ2v) is 9.99. The number of carbonyl (C=O) groups excluding carboxylic acids is 1. The maximum absolute atomic E-state index is 12.9. The molecule has 5 rings (SSSR count). The topological polar surface area (TPSA) is 46.5 Å². The van der Waals surface area contributed by atoms with E-state index in [4.69, 9.17) is 4.74 Å². The van der Waals surface area contributed by atoms with Gasteiger partial charge in [0.25, 0.3) is 0 Å². The molecule has 4 saturated carbocycles. The predicted molar refractivity (Wildman–Crippen MR) is 97.0 cm³/mol. The summed E-state index contributed by atoms with van der Waals surface area (Å²) in [6.45, 7) is 6.91. The van der Waals surface area contributed by atoms with E-state index in [9.17, 15) is 9.90 Å². The molecule has 0 aromatic heterocycles. The molecule has 0 heterocycles. The molecule has 0 amide bonds. The van der Waals surface area contributed by atoms with Gasteiger partial charge in [-0.2, -0.15) is 0 Å². The van der Waals surface area contributed by atoms with Gasteiger partial charge in [0, 0.05) is 0 Å². The van der Waals surface area contributed by atoms with Gasteiger partial charge in [0.15, 0.2) is 0 Å². The molecule has 4 fully saturated rings. The minimum Gasteiger partial charge on any atom is -0.460 e. The molecule has 0 aliphatic heterocycles. The third kappa shape index (κ3) is 3.12. The Morgan fingerprint density at radius 1 is 1.12 bits per heavy atom. The number of aliphatic hydroxyl groups is 1. The van der Waals surface area contributed by atoms with Crippen LogP contribution in [-0.4, -0.2) is 16.7 Å². The Balaban J connectivity index is 1.43. The van der Waals surface area contributed by atoms with E-state index in [1.54, 1.807) is 0 Å². The number of benzene rings is 1. The highest BCUT2D eigenvalue weighted by Crippen LogP contribution is 2.62. The molecule has 4 aliphatic rings. The first kappa shape index (κ1) is 17.1. The van der Waals surface area contributed by atoms with Crippen LogP contribution < -0.4 is 0 Å². The van der Waals surface area contributed by atoms with Crippen molar-refractivity contribution in [3.63, 3.8) is 0 Å². The van der Waals surface area contributed by atoms with Crippen LogP contribution >= 0.6 is 0 Å². The molecular formula is C22H30O3. The summed E-state index contributed by atoms with van der Waals surface area (Å²) < 4.78 is 5.73. The summed E-state index contributed by atoms with van der Waals surface area (Å²) in [7, 11) is 0. The minimum atomic E-state index is -0.614. The molecule has 1 N–H and O–H groups in total. The van der Waals surface area contributed by atoms with Crippen LogP contribution in [0.2, 0.25) is 0 Å². The standard InChI is InChI=1S/C22H30O3/c1-20(2,3)18-6-4-15(5-7-18)13-25-19(23)21-9-16-8-17(10-21)12-22(24,11-16)14-21/h4-7,16-17,24H,8-14H2,1-3H3/t16-,17+,21?,22?. The fourth-order valence-electron chi connectivity index (χ4n) is 5.86. The molecule has 3 nitrogen and oxygen atoms in total. The molecule has 4 bridgehead atoms. The molecule has 2 unspecified atom stereocenters. The van der Waals surface area contributed by atoms with Crippen LogP contribution in [-0.2, 0) is 21.6 Å². The largest absolute Gasteiger partial charge is 0.460 e. The van der Waals surface area contributed by atoms with Crippen molar-refractivity contribution in [1.82, 2.24) is 0 Å². The van der Waals surface area contributed by atoms with E-state index >= 15 is 0 Å². The van der Waals surface area contributed by atoms with E-state index in [2.05, 4.69) is 45.0 Å². The lowest BCUT2D eigenvalue weighted by molar-refractivity contribution is -0.197. The van der Waals surface area contributed by atoms with Gasteiger partial charge in [0.2, 0.25) is 0 Å². The van der Waals surface area contributed by atoms with Gasteiger partial charge in [0.1, 0.15) is 6.61 Å². The van der Waals surface area contributed by atoms with Gasteiger partial charge in [-0.3, -0.25) is 4.79 Å². The van der Waals surface area contributed by atoms with E-state index in [1.165, 1.54) is 12.0 Å². The van der Waals surface area contributed by atoms with Crippen molar-refractivity contribution in [1.29, 1.82) is 0 Å². The zero-order chi connectivity index (χ0) is 17.9. The van der Waals surface area contributed by atoms with Crippen LogP contribution in [0.3, 0.4) is 0 Å². The number of ether oxygens (including phenoxy) is 1. The third-order valence-electron chi connectivity index (χ3n) is 6.65. The maximum Gasteiger partial charge on any atom is 0.312 e. The Morgan fingerprint density at radius 2 is 1.72 bits per heavy atom. The van der Waals surface area contributed by atoms with Gasteiger partial charge in [-0.1, -0.05) is 45.0 Å². The van der Waals surface area contributed by atoms with Crippen molar-refractivity contribution >= 4 is 5.97 Å². The first-order valence-corrected chi connectivity index (χ1v) is 9.67. The summed E-state index contributed by atoms with van der Waals surface area (Å²) in [4.78, 5) is 12.9. The number of hydrogen-bond acceptors (Lipinski definition) is 3. The lowest BCUT2D eigenvalue weighted by Gasteiger charge is -2.58. The predicted octanol–water partition coefficient (Wildman–Crippen LogP) is 4.36. The van der Waals surface area contributed by atoms with Crippen LogP contribution in [0.15, 0.2) is 24.3 Å². The van der Waals surface area contributed by atoms with Crippen LogP contribution in [0, 0.1) is 17.3 Å². The molecule has 1 aromatic rings. The van der Waals surface area contributed by atoms with Gasteiger partial charge in [-0.05, 0) is 66.9 Å². The van der Waals surface area contributed by atoms with Crippen molar-refractivity contribution < 1.29 is 14.6 Å². The van der Waals surface area contributed by atoms with Crippen LogP contribution in [0.4, 0.5) is 0 Å². The molecule has 136 valence electrons. The van der Waals surface area contributed by atoms with Gasteiger partial charge in [0.05, 0.1) is 11.0 Å². The number of hydrogen-bond donors (Lipinski definition) is 1.